The van der Waals surface area contributed by atoms with E-state index in [0.29, 0.717) is 30.7 Å². The molecule has 106 valence electrons. The second-order valence-corrected chi connectivity index (χ2v) is 5.97. The van der Waals surface area contributed by atoms with Gasteiger partial charge in [0.15, 0.2) is 0 Å². The van der Waals surface area contributed by atoms with Gasteiger partial charge in [-0.2, -0.15) is 0 Å². The molecule has 0 aromatic heterocycles. The predicted octanol–water partition coefficient (Wildman–Crippen LogP) is 1.16. The van der Waals surface area contributed by atoms with E-state index in [1.807, 2.05) is 4.90 Å². The third-order valence-electron chi connectivity index (χ3n) is 3.67. The van der Waals surface area contributed by atoms with Gasteiger partial charge in [-0.25, -0.2) is 0 Å². The third kappa shape index (κ3) is 5.36. The van der Waals surface area contributed by atoms with Crippen LogP contribution in [-0.2, 0) is 4.79 Å². The van der Waals surface area contributed by atoms with Gasteiger partial charge in [0, 0.05) is 26.1 Å². The van der Waals surface area contributed by atoms with Crippen LogP contribution in [0.3, 0.4) is 0 Å². The van der Waals surface area contributed by atoms with Gasteiger partial charge in [0.2, 0.25) is 5.91 Å². The summed E-state index contributed by atoms with van der Waals surface area (Å²) in [5.41, 5.74) is 5.77. The zero-order valence-electron chi connectivity index (χ0n) is 12.2. The lowest BCUT2D eigenvalue weighted by Gasteiger charge is -2.24. The Labute approximate surface area is 111 Å². The predicted molar refractivity (Wildman–Crippen MR) is 75.3 cm³/mol. The Kier molecular flexibility index (Phi) is 6.65. The molecular formula is C14H29N3O. The topological polar surface area (TPSA) is 49.6 Å². The third-order valence-corrected chi connectivity index (χ3v) is 3.67. The van der Waals surface area contributed by atoms with Gasteiger partial charge in [0.05, 0.1) is 0 Å². The summed E-state index contributed by atoms with van der Waals surface area (Å²) in [5, 5.41) is 0. The van der Waals surface area contributed by atoms with Crippen molar-refractivity contribution >= 4 is 5.91 Å². The first-order chi connectivity index (χ1) is 8.52. The highest BCUT2D eigenvalue weighted by atomic mass is 16.2. The van der Waals surface area contributed by atoms with Crippen molar-refractivity contribution < 1.29 is 4.79 Å². The number of carbonyl (C=O) groups excluding carboxylic acids is 1. The molecule has 18 heavy (non-hydrogen) atoms. The van der Waals surface area contributed by atoms with E-state index in [-0.39, 0.29) is 0 Å². The van der Waals surface area contributed by atoms with Crippen molar-refractivity contribution in [3.8, 4) is 0 Å². The molecule has 0 radical (unpaired) electrons. The molecule has 4 nitrogen and oxygen atoms in total. The number of amides is 1. The monoisotopic (exact) mass is 255 g/mol. The molecule has 0 aliphatic carbocycles. The Hall–Kier alpha value is -0.610. The summed E-state index contributed by atoms with van der Waals surface area (Å²) in [7, 11) is 2.12. The summed E-state index contributed by atoms with van der Waals surface area (Å²) in [6, 6.07) is 0. The van der Waals surface area contributed by atoms with Crippen LogP contribution in [0.1, 0.15) is 33.1 Å². The maximum atomic E-state index is 12.3. The molecule has 1 heterocycles. The molecule has 0 aromatic rings. The maximum absolute atomic E-state index is 12.3. The van der Waals surface area contributed by atoms with Gasteiger partial charge in [0.1, 0.15) is 0 Å². The van der Waals surface area contributed by atoms with E-state index in [1.54, 1.807) is 0 Å². The number of hydrogen-bond donors (Lipinski definition) is 1. The molecule has 0 spiro atoms. The van der Waals surface area contributed by atoms with Crippen LogP contribution in [0.15, 0.2) is 0 Å². The van der Waals surface area contributed by atoms with Crippen LogP contribution in [0.4, 0.5) is 0 Å². The molecule has 1 aliphatic heterocycles. The summed E-state index contributed by atoms with van der Waals surface area (Å²) in [6.45, 7) is 8.86. The minimum absolute atomic E-state index is 0.293. The van der Waals surface area contributed by atoms with Crippen molar-refractivity contribution in [3.05, 3.63) is 0 Å². The zero-order chi connectivity index (χ0) is 13.5. The fourth-order valence-electron chi connectivity index (χ4n) is 2.60. The van der Waals surface area contributed by atoms with Crippen LogP contribution >= 0.6 is 0 Å². The van der Waals surface area contributed by atoms with Crippen LogP contribution < -0.4 is 5.73 Å². The summed E-state index contributed by atoms with van der Waals surface area (Å²) in [5.74, 6) is 1.25. The Morgan fingerprint density at radius 2 is 1.94 bits per heavy atom. The van der Waals surface area contributed by atoms with Gasteiger partial charge in [-0.15, -0.1) is 0 Å². The highest BCUT2D eigenvalue weighted by Gasteiger charge is 2.21. The molecule has 1 saturated heterocycles. The van der Waals surface area contributed by atoms with Crippen LogP contribution in [0.2, 0.25) is 0 Å². The number of likely N-dealkylation sites (N-methyl/N-ethyl adjacent to an activating group) is 1. The molecule has 2 N–H and O–H groups in total. The van der Waals surface area contributed by atoms with Gasteiger partial charge < -0.3 is 15.5 Å². The molecule has 0 unspecified atom stereocenters. The van der Waals surface area contributed by atoms with Gasteiger partial charge >= 0.3 is 0 Å². The Balaban J connectivity index is 2.42. The normalized spacial score (nSPS) is 19.9. The average Bonchev–Trinajstić information content (AvgIpc) is 2.52. The molecule has 1 atom stereocenters. The molecule has 0 bridgehead atoms. The number of nitrogens with zero attached hydrogens (tertiary/aromatic N) is 2. The van der Waals surface area contributed by atoms with Crippen molar-refractivity contribution in [2.24, 2.45) is 17.6 Å². The van der Waals surface area contributed by atoms with Crippen LogP contribution in [0.25, 0.3) is 0 Å². The lowest BCUT2D eigenvalue weighted by Crippen LogP contribution is -2.36. The standard InChI is InChI=1S/C14H29N3O/c1-12(2)9-13(11-15)10-14(18)17-6-4-5-16(3)7-8-17/h12-13H,4-11,15H2,1-3H3/t13-/m0/s1. The molecule has 1 amide bonds. The van der Waals surface area contributed by atoms with E-state index < -0.39 is 0 Å². The second kappa shape index (κ2) is 7.74. The SMILES string of the molecule is CC(C)C[C@H](CN)CC(=O)N1CCCN(C)CC1. The highest BCUT2D eigenvalue weighted by Crippen LogP contribution is 2.16. The fourth-order valence-corrected chi connectivity index (χ4v) is 2.60. The van der Waals surface area contributed by atoms with E-state index in [2.05, 4.69) is 25.8 Å². The summed E-state index contributed by atoms with van der Waals surface area (Å²) >= 11 is 0. The molecule has 4 heteroatoms. The van der Waals surface area contributed by atoms with Crippen LogP contribution in [0.5, 0.6) is 0 Å². The van der Waals surface area contributed by atoms with E-state index in [0.717, 1.165) is 39.0 Å². The molecule has 0 aromatic carbocycles. The van der Waals surface area contributed by atoms with Crippen molar-refractivity contribution in [2.75, 3.05) is 39.8 Å². The lowest BCUT2D eigenvalue weighted by atomic mass is 9.94. The summed E-state index contributed by atoms with van der Waals surface area (Å²) in [4.78, 5) is 16.6. The Bertz CT molecular complexity index is 255. The molecule has 1 rings (SSSR count). The van der Waals surface area contributed by atoms with Crippen molar-refractivity contribution in [1.82, 2.24) is 9.80 Å². The highest BCUT2D eigenvalue weighted by molar-refractivity contribution is 5.76. The van der Waals surface area contributed by atoms with E-state index in [1.165, 1.54) is 0 Å². The molecule has 1 fully saturated rings. The second-order valence-electron chi connectivity index (χ2n) is 5.97. The smallest absolute Gasteiger partial charge is 0.222 e. The zero-order valence-corrected chi connectivity index (χ0v) is 12.2. The summed E-state index contributed by atoms with van der Waals surface area (Å²) < 4.78 is 0. The quantitative estimate of drug-likeness (QED) is 0.802. The lowest BCUT2D eigenvalue weighted by molar-refractivity contribution is -0.132. The van der Waals surface area contributed by atoms with E-state index in [9.17, 15) is 4.79 Å². The van der Waals surface area contributed by atoms with E-state index >= 15 is 0 Å². The maximum Gasteiger partial charge on any atom is 0.222 e. The number of hydrogen-bond acceptors (Lipinski definition) is 3. The van der Waals surface area contributed by atoms with Crippen molar-refractivity contribution in [2.45, 2.75) is 33.1 Å². The van der Waals surface area contributed by atoms with Gasteiger partial charge in [-0.1, -0.05) is 13.8 Å². The van der Waals surface area contributed by atoms with Crippen LogP contribution in [-0.4, -0.2) is 55.5 Å². The minimum atomic E-state index is 0.293. The first-order valence-electron chi connectivity index (χ1n) is 7.19. The fraction of sp³-hybridized carbons (Fsp3) is 0.929. The number of carbonyl (C=O) groups is 1. The van der Waals surface area contributed by atoms with E-state index in [4.69, 9.17) is 5.73 Å². The summed E-state index contributed by atoms with van der Waals surface area (Å²) in [6.07, 6.45) is 2.76. The van der Waals surface area contributed by atoms with Gasteiger partial charge in [-0.05, 0) is 44.8 Å². The van der Waals surface area contributed by atoms with Gasteiger partial charge in [-0.3, -0.25) is 4.79 Å². The molecule has 0 saturated carbocycles. The van der Waals surface area contributed by atoms with Gasteiger partial charge in [0.25, 0.3) is 0 Å². The number of nitrogens with two attached hydrogens (primary N) is 1. The Morgan fingerprint density at radius 3 is 2.56 bits per heavy atom. The molecular weight excluding hydrogens is 226 g/mol. The number of rotatable bonds is 5. The largest absolute Gasteiger partial charge is 0.341 e. The average molecular weight is 255 g/mol. The molecule has 1 aliphatic rings. The Morgan fingerprint density at radius 1 is 1.22 bits per heavy atom. The minimum Gasteiger partial charge on any atom is -0.341 e. The van der Waals surface area contributed by atoms with Crippen LogP contribution in [0, 0.1) is 11.8 Å². The van der Waals surface area contributed by atoms with Crippen molar-refractivity contribution in [3.63, 3.8) is 0 Å². The van der Waals surface area contributed by atoms with Crippen molar-refractivity contribution in [1.29, 1.82) is 0 Å². The first-order valence-corrected chi connectivity index (χ1v) is 7.19. The first kappa shape index (κ1) is 15.4.